The average molecular weight is 272 g/mol. The average Bonchev–Trinajstić information content (AvgIpc) is 2.46. The van der Waals surface area contributed by atoms with Crippen molar-refractivity contribution in [2.45, 2.75) is 33.2 Å². The molecule has 2 aromatic rings. The highest BCUT2D eigenvalue weighted by Crippen LogP contribution is 2.24. The highest BCUT2D eigenvalue weighted by molar-refractivity contribution is 5.97. The van der Waals surface area contributed by atoms with Crippen molar-refractivity contribution in [3.8, 4) is 0 Å². The lowest BCUT2D eigenvalue weighted by Crippen LogP contribution is -2.24. The van der Waals surface area contributed by atoms with E-state index in [4.69, 9.17) is 5.11 Å². The molecule has 20 heavy (non-hydrogen) atoms. The van der Waals surface area contributed by atoms with Crippen LogP contribution in [-0.4, -0.2) is 22.1 Å². The van der Waals surface area contributed by atoms with E-state index < -0.39 is 5.97 Å². The molecular weight excluding hydrogens is 252 g/mol. The molecular formula is C16H20N2O2. The molecule has 0 spiro atoms. The smallest absolute Gasteiger partial charge is 0.354 e. The lowest BCUT2D eigenvalue weighted by atomic mass is 10.0. The van der Waals surface area contributed by atoms with Gasteiger partial charge in [0.25, 0.3) is 0 Å². The molecule has 1 aromatic heterocycles. The second kappa shape index (κ2) is 5.90. The molecule has 0 aliphatic carbocycles. The number of rotatable bonds is 5. The maximum atomic E-state index is 11.2. The van der Waals surface area contributed by atoms with Gasteiger partial charge in [0, 0.05) is 11.4 Å². The Hall–Kier alpha value is -2.10. The van der Waals surface area contributed by atoms with Crippen LogP contribution < -0.4 is 5.32 Å². The van der Waals surface area contributed by atoms with Crippen molar-refractivity contribution < 1.29 is 9.90 Å². The summed E-state index contributed by atoms with van der Waals surface area (Å²) >= 11 is 0. The molecule has 0 radical (unpaired) electrons. The minimum atomic E-state index is -1.00. The van der Waals surface area contributed by atoms with E-state index >= 15 is 0 Å². The third-order valence-electron chi connectivity index (χ3n) is 3.82. The van der Waals surface area contributed by atoms with Gasteiger partial charge in [0.1, 0.15) is 5.82 Å². The lowest BCUT2D eigenvalue weighted by Gasteiger charge is -2.21. The number of aromatic carboxylic acids is 1. The van der Waals surface area contributed by atoms with Gasteiger partial charge in [-0.3, -0.25) is 0 Å². The predicted octanol–water partition coefficient (Wildman–Crippen LogP) is 3.78. The highest BCUT2D eigenvalue weighted by atomic mass is 16.4. The molecule has 0 aliphatic rings. The molecule has 2 atom stereocenters. The monoisotopic (exact) mass is 272 g/mol. The van der Waals surface area contributed by atoms with E-state index in [1.54, 1.807) is 6.07 Å². The molecule has 2 unspecified atom stereocenters. The Kier molecular flexibility index (Phi) is 4.23. The van der Waals surface area contributed by atoms with Crippen LogP contribution in [0, 0.1) is 5.92 Å². The van der Waals surface area contributed by atoms with Gasteiger partial charge in [0.2, 0.25) is 0 Å². The molecule has 0 saturated heterocycles. The van der Waals surface area contributed by atoms with Crippen LogP contribution >= 0.6 is 0 Å². The molecule has 0 amide bonds. The van der Waals surface area contributed by atoms with Crippen LogP contribution in [0.4, 0.5) is 5.82 Å². The number of pyridine rings is 1. The maximum absolute atomic E-state index is 11.2. The zero-order chi connectivity index (χ0) is 14.7. The fourth-order valence-electron chi connectivity index (χ4n) is 2.13. The minimum Gasteiger partial charge on any atom is -0.477 e. The second-order valence-electron chi connectivity index (χ2n) is 5.20. The van der Waals surface area contributed by atoms with E-state index in [9.17, 15) is 4.79 Å². The predicted molar refractivity (Wildman–Crippen MR) is 81.2 cm³/mol. The first kappa shape index (κ1) is 14.3. The van der Waals surface area contributed by atoms with Gasteiger partial charge < -0.3 is 10.4 Å². The lowest BCUT2D eigenvalue weighted by molar-refractivity contribution is 0.0691. The number of hydrogen-bond donors (Lipinski definition) is 2. The topological polar surface area (TPSA) is 62.2 Å². The summed E-state index contributed by atoms with van der Waals surface area (Å²) in [6.07, 6.45) is 1.06. The molecule has 1 heterocycles. The number of aromatic nitrogens is 1. The van der Waals surface area contributed by atoms with Crippen molar-refractivity contribution >= 4 is 22.6 Å². The number of fused-ring (bicyclic) bond motifs is 1. The van der Waals surface area contributed by atoms with Crippen LogP contribution in [0.15, 0.2) is 30.3 Å². The van der Waals surface area contributed by atoms with E-state index in [1.807, 2.05) is 24.3 Å². The quantitative estimate of drug-likeness (QED) is 0.869. The van der Waals surface area contributed by atoms with Gasteiger partial charge in [-0.2, -0.15) is 0 Å². The van der Waals surface area contributed by atoms with E-state index in [0.717, 1.165) is 17.2 Å². The summed E-state index contributed by atoms with van der Waals surface area (Å²) in [6.45, 7) is 6.40. The van der Waals surface area contributed by atoms with E-state index in [1.165, 1.54) is 0 Å². The fourth-order valence-corrected chi connectivity index (χ4v) is 2.13. The van der Waals surface area contributed by atoms with Crippen LogP contribution in [-0.2, 0) is 0 Å². The van der Waals surface area contributed by atoms with Gasteiger partial charge in [-0.1, -0.05) is 44.5 Å². The molecule has 4 nitrogen and oxygen atoms in total. The van der Waals surface area contributed by atoms with Crippen LogP contribution in [0.2, 0.25) is 0 Å². The summed E-state index contributed by atoms with van der Waals surface area (Å²) < 4.78 is 0. The number of carboxylic acid groups (broad SMARTS) is 1. The summed E-state index contributed by atoms with van der Waals surface area (Å²) in [4.78, 5) is 15.4. The molecule has 0 fully saturated rings. The first-order valence-corrected chi connectivity index (χ1v) is 6.92. The Morgan fingerprint density at radius 2 is 2.05 bits per heavy atom. The van der Waals surface area contributed by atoms with Crippen LogP contribution in [0.3, 0.4) is 0 Å². The summed E-state index contributed by atoms with van der Waals surface area (Å²) in [7, 11) is 0. The molecule has 0 saturated carbocycles. The summed E-state index contributed by atoms with van der Waals surface area (Å²) in [5.74, 6) is 0.132. The Bertz CT molecular complexity index is 625. The zero-order valence-electron chi connectivity index (χ0n) is 12.1. The Morgan fingerprint density at radius 1 is 1.35 bits per heavy atom. The highest BCUT2D eigenvalue weighted by Gasteiger charge is 2.15. The number of nitrogens with one attached hydrogen (secondary N) is 1. The third-order valence-corrected chi connectivity index (χ3v) is 3.82. The third kappa shape index (κ3) is 2.90. The van der Waals surface area contributed by atoms with Crippen molar-refractivity contribution in [2.75, 3.05) is 5.32 Å². The van der Waals surface area contributed by atoms with Crippen LogP contribution in [0.1, 0.15) is 37.7 Å². The molecule has 2 rings (SSSR count). The Labute approximate surface area is 118 Å². The first-order chi connectivity index (χ1) is 9.52. The number of carbonyl (C=O) groups is 1. The summed E-state index contributed by atoms with van der Waals surface area (Å²) in [6, 6.07) is 9.54. The zero-order valence-corrected chi connectivity index (χ0v) is 12.1. The van der Waals surface area contributed by atoms with E-state index in [2.05, 4.69) is 31.1 Å². The van der Waals surface area contributed by atoms with Gasteiger partial charge in [-0.05, 0) is 24.3 Å². The Morgan fingerprint density at radius 3 is 2.70 bits per heavy atom. The van der Waals surface area contributed by atoms with Crippen LogP contribution in [0.25, 0.3) is 10.8 Å². The number of benzene rings is 1. The molecule has 1 aromatic carbocycles. The summed E-state index contributed by atoms with van der Waals surface area (Å²) in [5, 5.41) is 14.4. The molecule has 2 N–H and O–H groups in total. The Balaban J connectivity index is 2.47. The van der Waals surface area contributed by atoms with Gasteiger partial charge >= 0.3 is 5.97 Å². The maximum Gasteiger partial charge on any atom is 0.354 e. The fraction of sp³-hybridized carbons (Fsp3) is 0.375. The summed E-state index contributed by atoms with van der Waals surface area (Å²) in [5.41, 5.74) is 0.0718. The number of anilines is 1. The molecule has 0 bridgehead atoms. The molecule has 4 heteroatoms. The van der Waals surface area contributed by atoms with Crippen molar-refractivity contribution in [2.24, 2.45) is 5.92 Å². The first-order valence-electron chi connectivity index (χ1n) is 6.92. The van der Waals surface area contributed by atoms with Crippen molar-refractivity contribution in [1.29, 1.82) is 0 Å². The van der Waals surface area contributed by atoms with Crippen molar-refractivity contribution in [1.82, 2.24) is 4.98 Å². The van der Waals surface area contributed by atoms with E-state index in [0.29, 0.717) is 11.7 Å². The van der Waals surface area contributed by atoms with E-state index in [-0.39, 0.29) is 11.7 Å². The van der Waals surface area contributed by atoms with Crippen molar-refractivity contribution in [3.63, 3.8) is 0 Å². The molecule has 0 aliphatic heterocycles. The van der Waals surface area contributed by atoms with Crippen LogP contribution in [0.5, 0.6) is 0 Å². The van der Waals surface area contributed by atoms with Gasteiger partial charge in [0.15, 0.2) is 5.69 Å². The SMILES string of the molecule is CCC(C)C(C)Nc1nc(C(=O)O)cc2ccccc12. The largest absolute Gasteiger partial charge is 0.477 e. The number of nitrogens with zero attached hydrogens (tertiary/aromatic N) is 1. The minimum absolute atomic E-state index is 0.0718. The van der Waals surface area contributed by atoms with Gasteiger partial charge in [0.05, 0.1) is 0 Å². The second-order valence-corrected chi connectivity index (χ2v) is 5.20. The number of hydrogen-bond acceptors (Lipinski definition) is 3. The van der Waals surface area contributed by atoms with Gasteiger partial charge in [-0.15, -0.1) is 0 Å². The normalized spacial score (nSPS) is 13.9. The molecule has 106 valence electrons. The van der Waals surface area contributed by atoms with Gasteiger partial charge in [-0.25, -0.2) is 9.78 Å². The van der Waals surface area contributed by atoms with Crippen molar-refractivity contribution in [3.05, 3.63) is 36.0 Å². The standard InChI is InChI=1S/C16H20N2O2/c1-4-10(2)11(3)17-15-13-8-6-5-7-12(13)9-14(18-15)16(19)20/h5-11H,4H2,1-3H3,(H,17,18)(H,19,20). The number of carboxylic acids is 1.